The summed E-state index contributed by atoms with van der Waals surface area (Å²) in [6.07, 6.45) is 1.53. The van der Waals surface area contributed by atoms with Gasteiger partial charge >= 0.3 is 0 Å². The molecule has 1 fully saturated rings. The summed E-state index contributed by atoms with van der Waals surface area (Å²) in [4.78, 5) is 18.1. The fourth-order valence-corrected chi connectivity index (χ4v) is 3.34. The van der Waals surface area contributed by atoms with E-state index >= 15 is 0 Å². The van der Waals surface area contributed by atoms with Gasteiger partial charge in [0.15, 0.2) is 5.96 Å². The third kappa shape index (κ3) is 4.87. The number of nitrogens with one attached hydrogen (secondary N) is 2. The van der Waals surface area contributed by atoms with Crippen molar-refractivity contribution in [2.45, 2.75) is 32.4 Å². The molecule has 1 saturated heterocycles. The minimum Gasteiger partial charge on any atom is -0.352 e. The predicted octanol–water partition coefficient (Wildman–Crippen LogP) is 3.13. The lowest BCUT2D eigenvalue weighted by Gasteiger charge is -2.19. The number of likely N-dealkylation sites (tertiary alicyclic amines) is 1. The highest BCUT2D eigenvalue weighted by atomic mass is 127. The van der Waals surface area contributed by atoms with E-state index in [1.54, 1.807) is 7.05 Å². The summed E-state index contributed by atoms with van der Waals surface area (Å²) in [7, 11) is 1.78. The Morgan fingerprint density at radius 1 is 1.23 bits per heavy atom. The van der Waals surface area contributed by atoms with Crippen molar-refractivity contribution in [2.24, 2.45) is 4.99 Å². The molecule has 0 aromatic heterocycles. The molecule has 140 valence electrons. The van der Waals surface area contributed by atoms with Gasteiger partial charge in [-0.05, 0) is 22.8 Å². The molecule has 2 N–H and O–H groups in total. The van der Waals surface area contributed by atoms with E-state index in [1.165, 1.54) is 16.3 Å². The first-order valence-electron chi connectivity index (χ1n) is 8.93. The number of carbonyl (C=O) groups is 1. The quantitative estimate of drug-likeness (QED) is 0.414. The highest BCUT2D eigenvalue weighted by Gasteiger charge is 2.25. The lowest BCUT2D eigenvalue weighted by atomic mass is 10.0. The van der Waals surface area contributed by atoms with Crippen LogP contribution in [-0.4, -0.2) is 42.9 Å². The van der Waals surface area contributed by atoms with Crippen molar-refractivity contribution in [3.05, 3.63) is 48.0 Å². The zero-order valence-corrected chi connectivity index (χ0v) is 17.7. The van der Waals surface area contributed by atoms with E-state index in [0.717, 1.165) is 25.5 Å². The van der Waals surface area contributed by atoms with Crippen LogP contribution in [0.15, 0.2) is 47.5 Å². The van der Waals surface area contributed by atoms with Crippen molar-refractivity contribution in [3.8, 4) is 0 Å². The largest absolute Gasteiger partial charge is 0.352 e. The van der Waals surface area contributed by atoms with Crippen LogP contribution in [0.4, 0.5) is 0 Å². The van der Waals surface area contributed by atoms with Crippen LogP contribution in [0.25, 0.3) is 10.8 Å². The molecular weight excluding hydrogens is 439 g/mol. The van der Waals surface area contributed by atoms with Crippen LogP contribution < -0.4 is 10.6 Å². The average Bonchev–Trinajstić information content (AvgIpc) is 3.13. The summed E-state index contributed by atoms with van der Waals surface area (Å²) in [5, 5.41) is 9.34. The molecule has 0 bridgehead atoms. The molecule has 5 nitrogen and oxygen atoms in total. The summed E-state index contributed by atoms with van der Waals surface area (Å²) in [5.74, 6) is 1.01. The molecule has 26 heavy (non-hydrogen) atoms. The van der Waals surface area contributed by atoms with Gasteiger partial charge < -0.3 is 15.5 Å². The van der Waals surface area contributed by atoms with E-state index in [-0.39, 0.29) is 35.9 Å². The van der Waals surface area contributed by atoms with Crippen LogP contribution in [0, 0.1) is 0 Å². The number of hydrogen-bond acceptors (Lipinski definition) is 2. The van der Waals surface area contributed by atoms with Gasteiger partial charge in [-0.25, -0.2) is 0 Å². The Hall–Kier alpha value is -1.83. The van der Waals surface area contributed by atoms with E-state index in [2.05, 4.69) is 58.1 Å². The zero-order valence-electron chi connectivity index (χ0n) is 15.4. The third-order valence-electron chi connectivity index (χ3n) is 4.73. The molecule has 1 aliphatic heterocycles. The first-order chi connectivity index (χ1) is 12.2. The van der Waals surface area contributed by atoms with Crippen LogP contribution in [0.3, 0.4) is 0 Å². The molecule has 1 unspecified atom stereocenters. The van der Waals surface area contributed by atoms with Gasteiger partial charge in [0.25, 0.3) is 0 Å². The topological polar surface area (TPSA) is 56.7 Å². The van der Waals surface area contributed by atoms with Crippen molar-refractivity contribution >= 4 is 46.6 Å². The SMILES string of the molecule is CCC(=O)N1CCC(NC(=NC)NCc2cccc3ccccc23)C1.I. The number of aliphatic imine (C=N–C) groups is 1. The highest BCUT2D eigenvalue weighted by molar-refractivity contribution is 14.0. The Morgan fingerprint density at radius 3 is 2.77 bits per heavy atom. The number of guanidine groups is 1. The third-order valence-corrected chi connectivity index (χ3v) is 4.73. The first kappa shape index (κ1) is 20.5. The number of nitrogens with zero attached hydrogens (tertiary/aromatic N) is 2. The number of benzene rings is 2. The number of hydrogen-bond donors (Lipinski definition) is 2. The minimum absolute atomic E-state index is 0. The van der Waals surface area contributed by atoms with Crippen molar-refractivity contribution < 1.29 is 4.79 Å². The maximum absolute atomic E-state index is 11.8. The monoisotopic (exact) mass is 466 g/mol. The fourth-order valence-electron chi connectivity index (χ4n) is 3.34. The molecule has 2 aromatic carbocycles. The Balaban J connectivity index is 0.00000243. The van der Waals surface area contributed by atoms with Gasteiger partial charge in [-0.2, -0.15) is 0 Å². The molecule has 0 radical (unpaired) electrons. The smallest absolute Gasteiger partial charge is 0.222 e. The molecule has 1 atom stereocenters. The van der Waals surface area contributed by atoms with Crippen molar-refractivity contribution in [3.63, 3.8) is 0 Å². The fraction of sp³-hybridized carbons (Fsp3) is 0.400. The molecule has 6 heteroatoms. The summed E-state index contributed by atoms with van der Waals surface area (Å²) >= 11 is 0. The summed E-state index contributed by atoms with van der Waals surface area (Å²) in [6, 6.07) is 15.0. The van der Waals surface area contributed by atoms with E-state index < -0.39 is 0 Å². The van der Waals surface area contributed by atoms with E-state index in [0.29, 0.717) is 13.0 Å². The Morgan fingerprint density at radius 2 is 2.00 bits per heavy atom. The van der Waals surface area contributed by atoms with Gasteiger partial charge in [0.2, 0.25) is 5.91 Å². The van der Waals surface area contributed by atoms with Gasteiger partial charge in [0.1, 0.15) is 0 Å². The summed E-state index contributed by atoms with van der Waals surface area (Å²) in [6.45, 7) is 4.20. The van der Waals surface area contributed by atoms with Crippen molar-refractivity contribution in [1.82, 2.24) is 15.5 Å². The van der Waals surface area contributed by atoms with Gasteiger partial charge in [0, 0.05) is 39.1 Å². The Labute approximate surface area is 172 Å². The van der Waals surface area contributed by atoms with E-state index in [1.807, 2.05) is 11.8 Å². The number of fused-ring (bicyclic) bond motifs is 1. The normalized spacial score (nSPS) is 17.1. The number of carbonyl (C=O) groups excluding carboxylic acids is 1. The molecule has 1 heterocycles. The van der Waals surface area contributed by atoms with Gasteiger partial charge in [-0.15, -0.1) is 24.0 Å². The first-order valence-corrected chi connectivity index (χ1v) is 8.93. The van der Waals surface area contributed by atoms with Crippen LogP contribution in [0.5, 0.6) is 0 Å². The van der Waals surface area contributed by atoms with Crippen LogP contribution in [0.2, 0.25) is 0 Å². The molecule has 0 aliphatic carbocycles. The molecule has 2 aromatic rings. The summed E-state index contributed by atoms with van der Waals surface area (Å²) < 4.78 is 0. The minimum atomic E-state index is 0. The van der Waals surface area contributed by atoms with E-state index in [9.17, 15) is 4.79 Å². The maximum atomic E-state index is 11.8. The molecule has 3 rings (SSSR count). The second-order valence-corrected chi connectivity index (χ2v) is 6.39. The Bertz CT molecular complexity index is 772. The maximum Gasteiger partial charge on any atom is 0.222 e. The highest BCUT2D eigenvalue weighted by Crippen LogP contribution is 2.18. The van der Waals surface area contributed by atoms with Crippen LogP contribution in [-0.2, 0) is 11.3 Å². The second kappa shape index (κ2) is 9.75. The van der Waals surface area contributed by atoms with Gasteiger partial charge in [0.05, 0.1) is 0 Å². The second-order valence-electron chi connectivity index (χ2n) is 6.39. The molecule has 1 amide bonds. The predicted molar refractivity (Wildman–Crippen MR) is 118 cm³/mol. The molecular formula is C20H27IN4O. The van der Waals surface area contributed by atoms with Crippen molar-refractivity contribution in [1.29, 1.82) is 0 Å². The average molecular weight is 466 g/mol. The molecule has 0 saturated carbocycles. The van der Waals surface area contributed by atoms with Gasteiger partial charge in [-0.3, -0.25) is 9.79 Å². The lowest BCUT2D eigenvalue weighted by Crippen LogP contribution is -2.44. The Kier molecular flexibility index (Phi) is 7.68. The van der Waals surface area contributed by atoms with Crippen LogP contribution in [0.1, 0.15) is 25.3 Å². The number of amides is 1. The van der Waals surface area contributed by atoms with Gasteiger partial charge in [-0.1, -0.05) is 49.4 Å². The molecule has 1 aliphatic rings. The van der Waals surface area contributed by atoms with Crippen LogP contribution >= 0.6 is 24.0 Å². The molecule has 0 spiro atoms. The van der Waals surface area contributed by atoms with Crippen molar-refractivity contribution in [2.75, 3.05) is 20.1 Å². The number of rotatable bonds is 4. The zero-order chi connectivity index (χ0) is 17.6. The standard InChI is InChI=1S/C20H26N4O.HI/c1-3-19(25)24-12-11-17(14-24)23-20(21-2)22-13-16-9-6-8-15-7-4-5-10-18(15)16;/h4-10,17H,3,11-14H2,1-2H3,(H2,21,22,23);1H. The van der Waals surface area contributed by atoms with E-state index in [4.69, 9.17) is 0 Å². The summed E-state index contributed by atoms with van der Waals surface area (Å²) in [5.41, 5.74) is 1.25. The lowest BCUT2D eigenvalue weighted by molar-refractivity contribution is -0.129. The number of halogens is 1.